The second-order valence-corrected chi connectivity index (χ2v) is 7.64. The second kappa shape index (κ2) is 9.26. The minimum Gasteiger partial charge on any atom is -0.483 e. The summed E-state index contributed by atoms with van der Waals surface area (Å²) in [6.07, 6.45) is -0.395. The molecular weight excluding hydrogens is 356 g/mol. The molecule has 0 fully saturated rings. The Labute approximate surface area is 166 Å². The van der Waals surface area contributed by atoms with E-state index >= 15 is 0 Å². The minimum absolute atomic E-state index is 0.0765. The Kier molecular flexibility index (Phi) is 7.04. The first-order valence-electron chi connectivity index (χ1n) is 9.15. The Balaban J connectivity index is 1.91. The van der Waals surface area contributed by atoms with Gasteiger partial charge in [0.1, 0.15) is 11.4 Å². The number of hydrogen-bond donors (Lipinski definition) is 1. The molecule has 2 aromatic carbocycles. The number of rotatable bonds is 6. The number of anilines is 1. The van der Waals surface area contributed by atoms with Gasteiger partial charge in [0, 0.05) is 19.3 Å². The maximum atomic E-state index is 12.2. The highest BCUT2D eigenvalue weighted by atomic mass is 16.6. The van der Waals surface area contributed by atoms with Crippen molar-refractivity contribution in [3.8, 4) is 5.75 Å². The Bertz CT molecular complexity index is 827. The molecule has 2 aromatic rings. The van der Waals surface area contributed by atoms with Gasteiger partial charge in [-0.2, -0.15) is 0 Å². The van der Waals surface area contributed by atoms with E-state index in [1.807, 2.05) is 70.2 Å². The number of carbonyl (C=O) groups excluding carboxylic acids is 2. The number of carbonyl (C=O) groups is 2. The predicted molar refractivity (Wildman–Crippen MR) is 109 cm³/mol. The van der Waals surface area contributed by atoms with Crippen molar-refractivity contribution in [1.29, 1.82) is 0 Å². The highest BCUT2D eigenvalue weighted by Crippen LogP contribution is 2.17. The molecule has 6 heteroatoms. The lowest BCUT2D eigenvalue weighted by Gasteiger charge is -2.24. The molecule has 0 atom stereocenters. The van der Waals surface area contributed by atoms with Crippen LogP contribution in [0.25, 0.3) is 0 Å². The van der Waals surface area contributed by atoms with Crippen molar-refractivity contribution in [3.63, 3.8) is 0 Å². The SMILES string of the molecule is Cc1ccccc1OCC(=O)Nc1cccc(CN(C)C(=O)OC(C)(C)C)c1. The summed E-state index contributed by atoms with van der Waals surface area (Å²) in [5, 5.41) is 2.81. The maximum Gasteiger partial charge on any atom is 0.410 e. The molecule has 0 unspecified atom stereocenters. The van der Waals surface area contributed by atoms with Crippen LogP contribution in [-0.2, 0) is 16.1 Å². The summed E-state index contributed by atoms with van der Waals surface area (Å²) in [6, 6.07) is 14.9. The molecule has 0 bridgehead atoms. The molecule has 0 aliphatic carbocycles. The molecule has 0 aliphatic rings. The fraction of sp³-hybridized carbons (Fsp3) is 0.364. The molecule has 0 radical (unpaired) electrons. The number of hydrogen-bond acceptors (Lipinski definition) is 4. The average molecular weight is 384 g/mol. The van der Waals surface area contributed by atoms with Crippen molar-refractivity contribution >= 4 is 17.7 Å². The van der Waals surface area contributed by atoms with Crippen molar-refractivity contribution in [2.24, 2.45) is 0 Å². The third-order valence-corrected chi connectivity index (χ3v) is 3.79. The molecule has 6 nitrogen and oxygen atoms in total. The second-order valence-electron chi connectivity index (χ2n) is 7.64. The highest BCUT2D eigenvalue weighted by Gasteiger charge is 2.19. The van der Waals surface area contributed by atoms with E-state index in [2.05, 4.69) is 5.32 Å². The average Bonchev–Trinajstić information content (AvgIpc) is 2.60. The highest BCUT2D eigenvalue weighted by molar-refractivity contribution is 5.92. The van der Waals surface area contributed by atoms with Crippen LogP contribution in [0.3, 0.4) is 0 Å². The van der Waals surface area contributed by atoms with Gasteiger partial charge in [0.25, 0.3) is 5.91 Å². The van der Waals surface area contributed by atoms with Gasteiger partial charge in [-0.25, -0.2) is 4.79 Å². The van der Waals surface area contributed by atoms with E-state index in [-0.39, 0.29) is 12.5 Å². The van der Waals surface area contributed by atoms with Crippen LogP contribution < -0.4 is 10.1 Å². The number of para-hydroxylation sites is 1. The molecule has 2 rings (SSSR count). The Morgan fingerprint density at radius 1 is 1.07 bits per heavy atom. The van der Waals surface area contributed by atoms with Crippen molar-refractivity contribution in [2.75, 3.05) is 19.0 Å². The summed E-state index contributed by atoms with van der Waals surface area (Å²) in [4.78, 5) is 25.8. The quantitative estimate of drug-likeness (QED) is 0.803. The number of nitrogens with zero attached hydrogens (tertiary/aromatic N) is 1. The number of benzene rings is 2. The first-order valence-corrected chi connectivity index (χ1v) is 9.15. The van der Waals surface area contributed by atoms with Gasteiger partial charge in [-0.05, 0) is 57.0 Å². The van der Waals surface area contributed by atoms with Gasteiger partial charge < -0.3 is 19.7 Å². The topological polar surface area (TPSA) is 67.9 Å². The van der Waals surface area contributed by atoms with Crippen LogP contribution in [0.15, 0.2) is 48.5 Å². The van der Waals surface area contributed by atoms with Crippen LogP contribution >= 0.6 is 0 Å². The molecule has 1 N–H and O–H groups in total. The van der Waals surface area contributed by atoms with Crippen LogP contribution in [0, 0.1) is 6.92 Å². The summed E-state index contributed by atoms with van der Waals surface area (Å²) < 4.78 is 10.9. The van der Waals surface area contributed by atoms with Gasteiger partial charge in [-0.15, -0.1) is 0 Å². The monoisotopic (exact) mass is 384 g/mol. The molecule has 0 saturated heterocycles. The number of aryl methyl sites for hydroxylation is 1. The first-order chi connectivity index (χ1) is 13.1. The van der Waals surface area contributed by atoms with Crippen LogP contribution in [0.5, 0.6) is 5.75 Å². The van der Waals surface area contributed by atoms with Gasteiger partial charge in [0.05, 0.1) is 0 Å². The van der Waals surface area contributed by atoms with E-state index in [9.17, 15) is 9.59 Å². The summed E-state index contributed by atoms with van der Waals surface area (Å²) in [7, 11) is 1.68. The Hall–Kier alpha value is -3.02. The lowest BCUT2D eigenvalue weighted by Crippen LogP contribution is -2.33. The summed E-state index contributed by atoms with van der Waals surface area (Å²) in [6.45, 7) is 7.71. The van der Waals surface area contributed by atoms with E-state index in [0.717, 1.165) is 11.1 Å². The van der Waals surface area contributed by atoms with Gasteiger partial charge in [0.2, 0.25) is 0 Å². The van der Waals surface area contributed by atoms with E-state index in [4.69, 9.17) is 9.47 Å². The van der Waals surface area contributed by atoms with Crippen LogP contribution in [0.4, 0.5) is 10.5 Å². The molecule has 2 amide bonds. The zero-order chi connectivity index (χ0) is 20.7. The van der Waals surface area contributed by atoms with Crippen LogP contribution in [-0.4, -0.2) is 36.2 Å². The number of amides is 2. The van der Waals surface area contributed by atoms with Crippen molar-refractivity contribution in [3.05, 3.63) is 59.7 Å². The van der Waals surface area contributed by atoms with Crippen LogP contribution in [0.1, 0.15) is 31.9 Å². The van der Waals surface area contributed by atoms with Gasteiger partial charge in [-0.3, -0.25) is 4.79 Å². The van der Waals surface area contributed by atoms with Gasteiger partial charge in [0.15, 0.2) is 6.61 Å². The molecule has 0 spiro atoms. The molecule has 0 saturated carbocycles. The third-order valence-electron chi connectivity index (χ3n) is 3.79. The van der Waals surface area contributed by atoms with Crippen LogP contribution in [0.2, 0.25) is 0 Å². The van der Waals surface area contributed by atoms with Crippen molar-refractivity contribution < 1.29 is 19.1 Å². The number of ether oxygens (including phenoxy) is 2. The number of nitrogens with one attached hydrogen (secondary N) is 1. The molecule has 0 heterocycles. The lowest BCUT2D eigenvalue weighted by molar-refractivity contribution is -0.118. The van der Waals surface area contributed by atoms with E-state index < -0.39 is 11.7 Å². The fourth-order valence-corrected chi connectivity index (χ4v) is 2.48. The van der Waals surface area contributed by atoms with Gasteiger partial charge >= 0.3 is 6.09 Å². The third kappa shape index (κ3) is 6.95. The fourth-order valence-electron chi connectivity index (χ4n) is 2.48. The maximum absolute atomic E-state index is 12.2. The normalized spacial score (nSPS) is 10.9. The molecule has 0 aromatic heterocycles. The molecular formula is C22H28N2O4. The molecule has 0 aliphatic heterocycles. The standard InChI is InChI=1S/C22H28N2O4/c1-16-9-6-7-12-19(16)27-15-20(25)23-18-11-8-10-17(13-18)14-24(5)21(26)28-22(2,3)4/h6-13H,14-15H2,1-5H3,(H,23,25). The van der Waals surface area contributed by atoms with Crippen molar-refractivity contribution in [1.82, 2.24) is 4.90 Å². The van der Waals surface area contributed by atoms with Crippen molar-refractivity contribution in [2.45, 2.75) is 39.8 Å². The zero-order valence-corrected chi connectivity index (χ0v) is 17.1. The van der Waals surface area contributed by atoms with Gasteiger partial charge in [-0.1, -0.05) is 30.3 Å². The van der Waals surface area contributed by atoms with E-state index in [0.29, 0.717) is 18.0 Å². The molecule has 150 valence electrons. The van der Waals surface area contributed by atoms with E-state index in [1.165, 1.54) is 4.90 Å². The predicted octanol–water partition coefficient (Wildman–Crippen LogP) is 4.38. The largest absolute Gasteiger partial charge is 0.483 e. The lowest BCUT2D eigenvalue weighted by atomic mass is 10.2. The Morgan fingerprint density at radius 2 is 1.79 bits per heavy atom. The summed E-state index contributed by atoms with van der Waals surface area (Å²) in [5.41, 5.74) is 1.96. The smallest absolute Gasteiger partial charge is 0.410 e. The molecule has 28 heavy (non-hydrogen) atoms. The summed E-state index contributed by atoms with van der Waals surface area (Å²) in [5.74, 6) is 0.436. The Morgan fingerprint density at radius 3 is 2.46 bits per heavy atom. The minimum atomic E-state index is -0.543. The van der Waals surface area contributed by atoms with E-state index in [1.54, 1.807) is 13.1 Å². The summed E-state index contributed by atoms with van der Waals surface area (Å²) >= 11 is 0. The first kappa shape index (κ1) is 21.3. The zero-order valence-electron chi connectivity index (χ0n) is 17.1.